The second-order valence-corrected chi connectivity index (χ2v) is 6.87. The van der Waals surface area contributed by atoms with Crippen molar-refractivity contribution < 1.29 is 26.7 Å². The van der Waals surface area contributed by atoms with Crippen molar-refractivity contribution in [1.82, 2.24) is 4.72 Å². The summed E-state index contributed by atoms with van der Waals surface area (Å²) < 4.78 is 63.6. The average Bonchev–Trinajstić information content (AvgIpc) is 2.34. The number of hydrogen-bond acceptors (Lipinski definition) is 3. The largest absolute Gasteiger partial charge is 0.415 e. The van der Waals surface area contributed by atoms with E-state index in [2.05, 4.69) is 0 Å². The molecule has 1 rings (SSSR count). The molecule has 0 fully saturated rings. The van der Waals surface area contributed by atoms with E-state index in [1.54, 1.807) is 30.3 Å². The van der Waals surface area contributed by atoms with E-state index in [9.17, 15) is 26.7 Å². The van der Waals surface area contributed by atoms with Crippen molar-refractivity contribution >= 4 is 10.0 Å². The zero-order chi connectivity index (χ0) is 16.3. The van der Waals surface area contributed by atoms with Gasteiger partial charge in [-0.25, -0.2) is 13.1 Å². The molecular formula is C13H18F3NO3S. The number of benzene rings is 1. The number of rotatable bonds is 6. The van der Waals surface area contributed by atoms with Crippen LogP contribution in [0.3, 0.4) is 0 Å². The molecule has 0 bridgehead atoms. The zero-order valence-electron chi connectivity index (χ0n) is 11.6. The number of halogens is 3. The molecule has 0 unspecified atom stereocenters. The topological polar surface area (TPSA) is 66.4 Å². The fraction of sp³-hybridized carbons (Fsp3) is 0.538. The van der Waals surface area contributed by atoms with Gasteiger partial charge in [0.25, 0.3) is 0 Å². The molecule has 0 aliphatic carbocycles. The van der Waals surface area contributed by atoms with Crippen LogP contribution in [0.5, 0.6) is 0 Å². The first kappa shape index (κ1) is 17.9. The molecule has 0 heterocycles. The van der Waals surface area contributed by atoms with Crippen molar-refractivity contribution in [3.05, 3.63) is 35.9 Å². The molecular weight excluding hydrogens is 307 g/mol. The van der Waals surface area contributed by atoms with Crippen LogP contribution in [0.25, 0.3) is 0 Å². The number of sulfonamides is 1. The SMILES string of the molecule is CC(C)[C@H](NS(=O)(=O)Cc1ccccc1)[C@H](O)C(F)(F)F. The second kappa shape index (κ2) is 6.76. The van der Waals surface area contributed by atoms with Gasteiger partial charge in [0, 0.05) is 0 Å². The standard InChI is InChI=1S/C13H18F3NO3S/c1-9(2)11(12(18)13(14,15)16)17-21(19,20)8-10-6-4-3-5-7-10/h3-7,9,11-12,17-18H,8H2,1-2H3/t11-,12-/m0/s1. The Morgan fingerprint density at radius 1 is 1.19 bits per heavy atom. The summed E-state index contributed by atoms with van der Waals surface area (Å²) in [5.41, 5.74) is 0.453. The first-order valence-electron chi connectivity index (χ1n) is 6.31. The Balaban J connectivity index is 2.88. The normalized spacial score (nSPS) is 16.0. The molecule has 21 heavy (non-hydrogen) atoms. The summed E-state index contributed by atoms with van der Waals surface area (Å²) in [7, 11) is -3.99. The molecule has 0 aromatic heterocycles. The molecule has 0 saturated heterocycles. The molecule has 0 spiro atoms. The third-order valence-corrected chi connectivity index (χ3v) is 4.25. The Bertz CT molecular complexity index is 544. The Labute approximate surface area is 122 Å². The van der Waals surface area contributed by atoms with Gasteiger partial charge in [-0.1, -0.05) is 44.2 Å². The predicted octanol–water partition coefficient (Wildman–Crippen LogP) is 2.05. The third-order valence-electron chi connectivity index (χ3n) is 2.91. The zero-order valence-corrected chi connectivity index (χ0v) is 12.4. The number of aliphatic hydroxyl groups excluding tert-OH is 1. The average molecular weight is 325 g/mol. The van der Waals surface area contributed by atoms with Gasteiger partial charge < -0.3 is 5.11 Å². The maximum absolute atomic E-state index is 12.6. The first-order valence-corrected chi connectivity index (χ1v) is 7.97. The monoisotopic (exact) mass is 325 g/mol. The quantitative estimate of drug-likeness (QED) is 0.841. The fourth-order valence-corrected chi connectivity index (χ4v) is 3.34. The molecule has 120 valence electrons. The van der Waals surface area contributed by atoms with Gasteiger partial charge >= 0.3 is 6.18 Å². The minimum absolute atomic E-state index is 0.443. The highest BCUT2D eigenvalue weighted by Crippen LogP contribution is 2.26. The second-order valence-electron chi connectivity index (χ2n) is 5.12. The van der Waals surface area contributed by atoms with Gasteiger partial charge in [-0.2, -0.15) is 13.2 Å². The lowest BCUT2D eigenvalue weighted by Crippen LogP contribution is -2.52. The summed E-state index contributed by atoms with van der Waals surface area (Å²) in [6.07, 6.45) is -7.63. The highest BCUT2D eigenvalue weighted by molar-refractivity contribution is 7.88. The van der Waals surface area contributed by atoms with E-state index in [-0.39, 0.29) is 0 Å². The minimum atomic E-state index is -4.88. The molecule has 0 amide bonds. The van der Waals surface area contributed by atoms with Gasteiger partial charge in [0.2, 0.25) is 10.0 Å². The summed E-state index contributed by atoms with van der Waals surface area (Å²) in [6.45, 7) is 2.81. The van der Waals surface area contributed by atoms with Crippen LogP contribution in [0.1, 0.15) is 19.4 Å². The number of aliphatic hydroxyl groups is 1. The van der Waals surface area contributed by atoms with Crippen LogP contribution in [-0.4, -0.2) is 31.8 Å². The van der Waals surface area contributed by atoms with E-state index in [1.807, 2.05) is 4.72 Å². The summed E-state index contributed by atoms with van der Waals surface area (Å²) >= 11 is 0. The van der Waals surface area contributed by atoms with Gasteiger partial charge in [0.05, 0.1) is 11.8 Å². The van der Waals surface area contributed by atoms with Crippen molar-refractivity contribution in [3.63, 3.8) is 0 Å². The molecule has 2 N–H and O–H groups in total. The lowest BCUT2D eigenvalue weighted by atomic mass is 9.99. The molecule has 8 heteroatoms. The van der Waals surface area contributed by atoms with Gasteiger partial charge in [0.15, 0.2) is 6.10 Å². The molecule has 1 aromatic rings. The fourth-order valence-electron chi connectivity index (χ4n) is 1.81. The minimum Gasteiger partial charge on any atom is -0.382 e. The van der Waals surface area contributed by atoms with Crippen molar-refractivity contribution in [3.8, 4) is 0 Å². The third kappa shape index (κ3) is 5.64. The summed E-state index contributed by atoms with van der Waals surface area (Å²) in [4.78, 5) is 0. The van der Waals surface area contributed by atoms with Crippen molar-refractivity contribution in [1.29, 1.82) is 0 Å². The van der Waals surface area contributed by atoms with E-state index in [0.717, 1.165) is 0 Å². The molecule has 0 aliphatic rings. The van der Waals surface area contributed by atoms with Crippen LogP contribution in [0, 0.1) is 5.92 Å². The summed E-state index contributed by atoms with van der Waals surface area (Å²) in [6, 6.07) is 6.46. The van der Waals surface area contributed by atoms with Gasteiger partial charge in [0.1, 0.15) is 0 Å². The molecule has 1 aromatic carbocycles. The van der Waals surface area contributed by atoms with E-state index >= 15 is 0 Å². The summed E-state index contributed by atoms with van der Waals surface area (Å²) in [5, 5.41) is 9.29. The van der Waals surface area contributed by atoms with Crippen LogP contribution in [0.4, 0.5) is 13.2 Å². The molecule has 0 radical (unpaired) electrons. The molecule has 2 atom stereocenters. The maximum Gasteiger partial charge on any atom is 0.415 e. The number of alkyl halides is 3. The molecule has 0 saturated carbocycles. The van der Waals surface area contributed by atoms with Crippen LogP contribution in [0.15, 0.2) is 30.3 Å². The smallest absolute Gasteiger partial charge is 0.382 e. The number of hydrogen-bond donors (Lipinski definition) is 2. The van der Waals surface area contributed by atoms with Gasteiger partial charge in [-0.15, -0.1) is 0 Å². The van der Waals surface area contributed by atoms with E-state index in [1.165, 1.54) is 13.8 Å². The van der Waals surface area contributed by atoms with Crippen molar-refractivity contribution in [2.24, 2.45) is 5.92 Å². The highest BCUT2D eigenvalue weighted by atomic mass is 32.2. The van der Waals surface area contributed by atoms with Crippen LogP contribution in [0.2, 0.25) is 0 Å². The lowest BCUT2D eigenvalue weighted by Gasteiger charge is -2.28. The van der Waals surface area contributed by atoms with Crippen molar-refractivity contribution in [2.75, 3.05) is 0 Å². The maximum atomic E-state index is 12.6. The van der Waals surface area contributed by atoms with Gasteiger partial charge in [-0.3, -0.25) is 0 Å². The number of nitrogens with one attached hydrogen (secondary N) is 1. The van der Waals surface area contributed by atoms with Crippen molar-refractivity contribution in [2.45, 2.75) is 37.9 Å². The Morgan fingerprint density at radius 3 is 2.14 bits per heavy atom. The van der Waals surface area contributed by atoms with Crippen LogP contribution < -0.4 is 4.72 Å². The first-order chi connectivity index (χ1) is 9.53. The highest BCUT2D eigenvalue weighted by Gasteiger charge is 2.45. The molecule has 0 aliphatic heterocycles. The van der Waals surface area contributed by atoms with Gasteiger partial charge in [-0.05, 0) is 11.5 Å². The molecule has 4 nitrogen and oxygen atoms in total. The van der Waals surface area contributed by atoms with Crippen LogP contribution in [-0.2, 0) is 15.8 Å². The van der Waals surface area contributed by atoms with E-state index < -0.39 is 40.0 Å². The lowest BCUT2D eigenvalue weighted by molar-refractivity contribution is -0.213. The Kier molecular flexibility index (Phi) is 5.77. The Morgan fingerprint density at radius 2 is 1.71 bits per heavy atom. The summed E-state index contributed by atoms with van der Waals surface area (Å²) in [5.74, 6) is -1.16. The predicted molar refractivity (Wildman–Crippen MR) is 72.9 cm³/mol. The van der Waals surface area contributed by atoms with Crippen LogP contribution >= 0.6 is 0 Å². The Hall–Kier alpha value is -1.12. The van der Waals surface area contributed by atoms with E-state index in [4.69, 9.17) is 0 Å². The van der Waals surface area contributed by atoms with E-state index in [0.29, 0.717) is 5.56 Å².